The van der Waals surface area contributed by atoms with Crippen LogP contribution >= 0.6 is 23.1 Å². The molecule has 1 rings (SSSR count). The second-order valence-corrected chi connectivity index (χ2v) is 7.03. The Morgan fingerprint density at radius 2 is 1.89 bits per heavy atom. The normalized spacial score (nSPS) is 12.6. The van der Waals surface area contributed by atoms with Gasteiger partial charge in [-0.3, -0.25) is 4.79 Å². The van der Waals surface area contributed by atoms with Crippen LogP contribution < -0.4 is 0 Å². The van der Waals surface area contributed by atoms with E-state index in [9.17, 15) is 4.79 Å². The molecule has 1 aromatic rings. The first-order chi connectivity index (χ1) is 8.11. The van der Waals surface area contributed by atoms with Crippen LogP contribution in [-0.4, -0.2) is 38.9 Å². The van der Waals surface area contributed by atoms with Crippen LogP contribution in [0.15, 0.2) is 0 Å². The maximum Gasteiger partial charge on any atom is 0.267 e. The zero-order valence-corrected chi connectivity index (χ0v) is 13.3. The van der Waals surface area contributed by atoms with E-state index in [0.29, 0.717) is 10.8 Å². The summed E-state index contributed by atoms with van der Waals surface area (Å²) in [5.74, 6) is 0.312. The van der Waals surface area contributed by atoms with Gasteiger partial charge in [0.25, 0.3) is 5.91 Å². The Bertz CT molecular complexity index is 437. The Morgan fingerprint density at radius 1 is 1.33 bits per heavy atom. The third kappa shape index (κ3) is 3.01. The van der Waals surface area contributed by atoms with Gasteiger partial charge in [0.1, 0.15) is 4.88 Å². The van der Waals surface area contributed by atoms with Gasteiger partial charge >= 0.3 is 0 Å². The zero-order valence-electron chi connectivity index (χ0n) is 11.7. The largest absolute Gasteiger partial charge is 0.335 e. The van der Waals surface area contributed by atoms with Crippen molar-refractivity contribution in [3.63, 3.8) is 0 Å². The fourth-order valence-electron chi connectivity index (χ4n) is 1.34. The van der Waals surface area contributed by atoms with Crippen molar-refractivity contribution in [2.24, 2.45) is 0 Å². The highest BCUT2D eigenvalue weighted by Crippen LogP contribution is 2.28. The molecule has 0 radical (unpaired) electrons. The molecule has 0 atom stereocenters. The number of halogens is 1. The monoisotopic (exact) mass is 289 g/mol. The zero-order chi connectivity index (χ0) is 14.1. The van der Waals surface area contributed by atoms with Gasteiger partial charge in [-0.25, -0.2) is 0 Å². The Labute approximate surface area is 117 Å². The molecule has 4 nitrogen and oxygen atoms in total. The van der Waals surface area contributed by atoms with E-state index in [1.54, 1.807) is 11.9 Å². The van der Waals surface area contributed by atoms with Crippen molar-refractivity contribution < 1.29 is 4.79 Å². The van der Waals surface area contributed by atoms with Crippen LogP contribution in [-0.2, 0) is 5.41 Å². The molecule has 0 aromatic carbocycles. The van der Waals surface area contributed by atoms with E-state index in [1.165, 1.54) is 0 Å². The summed E-state index contributed by atoms with van der Waals surface area (Å²) >= 11 is 7.05. The second-order valence-electron chi connectivity index (χ2n) is 6.01. The van der Waals surface area contributed by atoms with E-state index in [0.717, 1.165) is 17.2 Å². The van der Waals surface area contributed by atoms with Crippen LogP contribution in [0, 0.1) is 0 Å². The lowest BCUT2D eigenvalue weighted by molar-refractivity contribution is 0.0662. The topological polar surface area (TPSA) is 46.1 Å². The molecule has 0 fully saturated rings. The van der Waals surface area contributed by atoms with E-state index >= 15 is 0 Å². The number of amides is 1. The molecule has 0 bridgehead atoms. The van der Waals surface area contributed by atoms with Gasteiger partial charge in [0.15, 0.2) is 0 Å². The molecule has 1 heterocycles. The van der Waals surface area contributed by atoms with Crippen molar-refractivity contribution in [1.82, 2.24) is 14.5 Å². The predicted octanol–water partition coefficient (Wildman–Crippen LogP) is 2.93. The minimum atomic E-state index is -0.391. The molecular formula is C12H20ClN3OS. The van der Waals surface area contributed by atoms with Crippen molar-refractivity contribution in [3.05, 3.63) is 10.6 Å². The quantitative estimate of drug-likeness (QED) is 0.804. The first kappa shape index (κ1) is 15.4. The number of rotatable bonds is 3. The third-order valence-corrected chi connectivity index (χ3v) is 4.30. The molecule has 0 N–H and O–H groups in total. The molecule has 0 saturated heterocycles. The smallest absolute Gasteiger partial charge is 0.267 e. The highest BCUT2D eigenvalue weighted by molar-refractivity contribution is 7.08. The molecule has 0 spiro atoms. The first-order valence-corrected chi connectivity index (χ1v) is 7.09. The molecule has 0 aliphatic carbocycles. The molecule has 18 heavy (non-hydrogen) atoms. The van der Waals surface area contributed by atoms with Crippen LogP contribution in [0.25, 0.3) is 0 Å². The summed E-state index contributed by atoms with van der Waals surface area (Å²) < 4.78 is 3.91. The Morgan fingerprint density at radius 3 is 2.33 bits per heavy atom. The van der Waals surface area contributed by atoms with Gasteiger partial charge in [0.05, 0.1) is 11.2 Å². The first-order valence-electron chi connectivity index (χ1n) is 5.78. The molecule has 0 aliphatic rings. The number of carbonyl (C=O) groups excluding carboxylic acids is 1. The van der Waals surface area contributed by atoms with Crippen molar-refractivity contribution in [3.8, 4) is 0 Å². The summed E-state index contributed by atoms with van der Waals surface area (Å²) in [6.45, 7) is 9.93. The van der Waals surface area contributed by atoms with Crippen molar-refractivity contribution in [2.75, 3.05) is 12.9 Å². The Hall–Kier alpha value is -0.680. The predicted molar refractivity (Wildman–Crippen MR) is 75.5 cm³/mol. The maximum absolute atomic E-state index is 12.5. The lowest BCUT2D eigenvalue weighted by atomic mass is 9.91. The lowest BCUT2D eigenvalue weighted by Crippen LogP contribution is -2.46. The molecule has 0 unspecified atom stereocenters. The van der Waals surface area contributed by atoms with Crippen LogP contribution in [0.3, 0.4) is 0 Å². The van der Waals surface area contributed by atoms with Gasteiger partial charge in [-0.1, -0.05) is 25.3 Å². The number of aromatic nitrogens is 2. The second kappa shape index (κ2) is 5.13. The molecule has 102 valence electrons. The van der Waals surface area contributed by atoms with Crippen LogP contribution in [0.2, 0.25) is 0 Å². The number of carbonyl (C=O) groups is 1. The van der Waals surface area contributed by atoms with Gasteiger partial charge in [-0.2, -0.15) is 0 Å². The van der Waals surface area contributed by atoms with E-state index < -0.39 is 5.54 Å². The Kier molecular flexibility index (Phi) is 4.38. The number of hydrogen-bond donors (Lipinski definition) is 0. The average molecular weight is 290 g/mol. The van der Waals surface area contributed by atoms with Crippen molar-refractivity contribution in [1.29, 1.82) is 0 Å². The molecule has 1 aromatic heterocycles. The van der Waals surface area contributed by atoms with Crippen molar-refractivity contribution in [2.45, 2.75) is 45.6 Å². The highest BCUT2D eigenvalue weighted by atomic mass is 35.5. The molecular weight excluding hydrogens is 270 g/mol. The molecule has 0 aliphatic heterocycles. The SMILES string of the molecule is CN(C(=O)c1snnc1C(C)(C)C)C(C)(C)CCl. The highest BCUT2D eigenvalue weighted by Gasteiger charge is 2.33. The van der Waals surface area contributed by atoms with Crippen LogP contribution in [0.5, 0.6) is 0 Å². The summed E-state index contributed by atoms with van der Waals surface area (Å²) in [6, 6.07) is 0. The third-order valence-electron chi connectivity index (χ3n) is 2.93. The van der Waals surface area contributed by atoms with Gasteiger partial charge in [-0.15, -0.1) is 16.7 Å². The number of nitrogens with zero attached hydrogens (tertiary/aromatic N) is 3. The summed E-state index contributed by atoms with van der Waals surface area (Å²) in [6.07, 6.45) is 0. The van der Waals surface area contributed by atoms with Gasteiger partial charge in [0.2, 0.25) is 0 Å². The van der Waals surface area contributed by atoms with Crippen molar-refractivity contribution >= 4 is 29.0 Å². The Balaban J connectivity index is 3.10. The van der Waals surface area contributed by atoms with Crippen LogP contribution in [0.4, 0.5) is 0 Å². The number of alkyl halides is 1. The van der Waals surface area contributed by atoms with Gasteiger partial charge < -0.3 is 4.90 Å². The summed E-state index contributed by atoms with van der Waals surface area (Å²) in [7, 11) is 1.76. The minimum absolute atomic E-state index is 0.0689. The van der Waals surface area contributed by atoms with E-state index in [2.05, 4.69) is 9.59 Å². The van der Waals surface area contributed by atoms with E-state index in [-0.39, 0.29) is 11.3 Å². The standard InChI is InChI=1S/C12H20ClN3OS/c1-11(2,3)9-8(18-15-14-9)10(17)16(6)12(4,5)7-13/h7H2,1-6H3. The minimum Gasteiger partial charge on any atom is -0.335 e. The number of hydrogen-bond acceptors (Lipinski definition) is 4. The molecule has 6 heteroatoms. The maximum atomic E-state index is 12.5. The van der Waals surface area contributed by atoms with E-state index in [4.69, 9.17) is 11.6 Å². The summed E-state index contributed by atoms with van der Waals surface area (Å²) in [5.41, 5.74) is 0.163. The summed E-state index contributed by atoms with van der Waals surface area (Å²) in [4.78, 5) is 14.7. The molecule has 1 amide bonds. The summed E-state index contributed by atoms with van der Waals surface area (Å²) in [5, 5.41) is 4.09. The molecule has 0 saturated carbocycles. The lowest BCUT2D eigenvalue weighted by Gasteiger charge is -2.34. The average Bonchev–Trinajstić information content (AvgIpc) is 2.75. The van der Waals surface area contributed by atoms with Gasteiger partial charge in [-0.05, 0) is 25.4 Å². The fourth-order valence-corrected chi connectivity index (χ4v) is 2.37. The van der Waals surface area contributed by atoms with Gasteiger partial charge in [0, 0.05) is 18.3 Å². The van der Waals surface area contributed by atoms with E-state index in [1.807, 2.05) is 34.6 Å². The van der Waals surface area contributed by atoms with Crippen LogP contribution in [0.1, 0.15) is 50.0 Å². The fraction of sp³-hybridized carbons (Fsp3) is 0.750.